The Labute approximate surface area is 247 Å². The molecule has 0 saturated carbocycles. The first-order valence-corrected chi connectivity index (χ1v) is 13.7. The number of rotatable bonds is 9. The highest BCUT2D eigenvalue weighted by Gasteiger charge is 2.29. The Balaban J connectivity index is 1.19. The number of anilines is 3. The van der Waals surface area contributed by atoms with E-state index in [0.717, 1.165) is 11.4 Å². The highest BCUT2D eigenvalue weighted by Crippen LogP contribution is 2.31. The Morgan fingerprint density at radius 2 is 1.74 bits per heavy atom. The summed E-state index contributed by atoms with van der Waals surface area (Å²) >= 11 is 0. The van der Waals surface area contributed by atoms with E-state index in [1.54, 1.807) is 31.5 Å². The van der Waals surface area contributed by atoms with Crippen LogP contribution in [0.1, 0.15) is 5.82 Å². The molecule has 10 nitrogen and oxygen atoms in total. The molecule has 0 spiro atoms. The van der Waals surface area contributed by atoms with Gasteiger partial charge in [0.2, 0.25) is 11.9 Å². The summed E-state index contributed by atoms with van der Waals surface area (Å²) in [5.41, 5.74) is 4.01. The quantitative estimate of drug-likeness (QED) is 0.206. The Kier molecular flexibility index (Phi) is 8.34. The van der Waals surface area contributed by atoms with Crippen molar-refractivity contribution in [2.45, 2.75) is 12.7 Å². The van der Waals surface area contributed by atoms with E-state index in [-0.39, 0.29) is 24.9 Å². The van der Waals surface area contributed by atoms with Crippen molar-refractivity contribution in [2.75, 3.05) is 31.0 Å². The van der Waals surface area contributed by atoms with Gasteiger partial charge < -0.3 is 29.8 Å². The zero-order chi connectivity index (χ0) is 29.6. The molecule has 0 aliphatic carbocycles. The van der Waals surface area contributed by atoms with Gasteiger partial charge in [0.1, 0.15) is 17.4 Å². The van der Waals surface area contributed by atoms with Gasteiger partial charge in [0.15, 0.2) is 6.29 Å². The Bertz CT molecular complexity index is 1690. The zero-order valence-corrected chi connectivity index (χ0v) is 23.3. The van der Waals surface area contributed by atoms with E-state index in [4.69, 9.17) is 24.2 Å². The van der Waals surface area contributed by atoms with Gasteiger partial charge in [-0.25, -0.2) is 19.3 Å². The van der Waals surface area contributed by atoms with Gasteiger partial charge in [-0.3, -0.25) is 4.79 Å². The van der Waals surface area contributed by atoms with Crippen LogP contribution in [0.3, 0.4) is 0 Å². The second-order valence-corrected chi connectivity index (χ2v) is 9.89. The molecule has 0 unspecified atom stereocenters. The molecule has 218 valence electrons. The molecule has 2 aromatic heterocycles. The van der Waals surface area contributed by atoms with Crippen molar-refractivity contribution < 1.29 is 23.4 Å². The van der Waals surface area contributed by atoms with Gasteiger partial charge >= 0.3 is 0 Å². The smallest absolute Gasteiger partial charge is 0.232 e. The molecule has 6 rings (SSSR count). The van der Waals surface area contributed by atoms with Gasteiger partial charge in [-0.05, 0) is 54.6 Å². The predicted octanol–water partition coefficient (Wildman–Crippen LogP) is 5.60. The maximum absolute atomic E-state index is 13.7. The highest BCUT2D eigenvalue weighted by molar-refractivity contribution is 5.92. The first kappa shape index (κ1) is 28.0. The minimum atomic E-state index is -0.600. The molecule has 43 heavy (non-hydrogen) atoms. The number of amides is 1. The number of H-pyrrole nitrogens is 1. The van der Waals surface area contributed by atoms with Crippen LogP contribution in [0, 0.1) is 11.7 Å². The third-order valence-electron chi connectivity index (χ3n) is 6.85. The topological polar surface area (TPSA) is 123 Å². The van der Waals surface area contributed by atoms with E-state index in [1.807, 2.05) is 54.6 Å². The molecule has 5 aromatic rings. The predicted molar refractivity (Wildman–Crippen MR) is 159 cm³/mol. The third-order valence-corrected chi connectivity index (χ3v) is 6.85. The molecule has 11 heteroatoms. The molecule has 3 heterocycles. The van der Waals surface area contributed by atoms with Gasteiger partial charge in [0.25, 0.3) is 0 Å². The highest BCUT2D eigenvalue weighted by atomic mass is 19.1. The second-order valence-electron chi connectivity index (χ2n) is 9.89. The summed E-state index contributed by atoms with van der Waals surface area (Å²) in [5, 5.41) is 6.08. The summed E-state index contributed by atoms with van der Waals surface area (Å²) in [6.07, 6.45) is 1.35. The first-order valence-electron chi connectivity index (χ1n) is 13.7. The number of para-hydroxylation sites is 1. The molecule has 1 saturated heterocycles. The van der Waals surface area contributed by atoms with Crippen molar-refractivity contribution >= 4 is 23.2 Å². The summed E-state index contributed by atoms with van der Waals surface area (Å²) in [6, 6.07) is 24.6. The van der Waals surface area contributed by atoms with Crippen LogP contribution in [0.25, 0.3) is 22.6 Å². The fraction of sp³-hybridized carbons (Fsp3) is 0.188. The average molecular weight is 581 g/mol. The minimum absolute atomic E-state index is 0.161. The Hall–Kier alpha value is -5.13. The lowest BCUT2D eigenvalue weighted by Gasteiger charge is -2.28. The third kappa shape index (κ3) is 6.85. The summed E-state index contributed by atoms with van der Waals surface area (Å²) in [4.78, 5) is 29.9. The van der Waals surface area contributed by atoms with Gasteiger partial charge in [-0.1, -0.05) is 24.3 Å². The normalized spacial score (nSPS) is 16.4. The molecule has 1 fully saturated rings. The van der Waals surface area contributed by atoms with Crippen LogP contribution in [0.4, 0.5) is 21.7 Å². The minimum Gasteiger partial charge on any atom is -0.497 e. The number of imidazole rings is 1. The van der Waals surface area contributed by atoms with Crippen molar-refractivity contribution in [1.82, 2.24) is 19.9 Å². The first-order chi connectivity index (χ1) is 21.0. The largest absolute Gasteiger partial charge is 0.497 e. The molecule has 3 N–H and O–H groups in total. The standard InChI is InChI=1S/C32H29FN6O4/c1-41-25-9-5-8-24(16-25)36-32-34-15-14-26(37-32)30-29(20-10-12-22(33)13-11-20)38-27(39-30)17-28-42-18-21(19-43-28)31(40)35-23-6-3-2-4-7-23/h2-16,21,28H,17-19H2,1H3,(H,35,40)(H,38,39)(H,34,36,37). The van der Waals surface area contributed by atoms with E-state index in [0.29, 0.717) is 46.6 Å². The number of carbonyl (C=O) groups excluding carboxylic acids is 1. The van der Waals surface area contributed by atoms with Gasteiger partial charge in [-0.15, -0.1) is 0 Å². The van der Waals surface area contributed by atoms with Crippen molar-refractivity contribution in [3.8, 4) is 28.4 Å². The number of nitrogens with one attached hydrogen (secondary N) is 3. The molecule has 1 aliphatic rings. The van der Waals surface area contributed by atoms with Crippen LogP contribution in [-0.2, 0) is 20.7 Å². The number of aromatic amines is 1. The van der Waals surface area contributed by atoms with E-state index in [2.05, 4.69) is 20.6 Å². The molecular weight excluding hydrogens is 551 g/mol. The summed E-state index contributed by atoms with van der Waals surface area (Å²) in [6.45, 7) is 0.430. The summed E-state index contributed by atoms with van der Waals surface area (Å²) < 4.78 is 30.8. The number of carbonyl (C=O) groups is 1. The maximum atomic E-state index is 13.7. The van der Waals surface area contributed by atoms with Crippen LogP contribution in [0.5, 0.6) is 5.75 Å². The number of benzene rings is 3. The number of ether oxygens (including phenoxy) is 3. The molecule has 3 aromatic carbocycles. The number of hydrogen-bond donors (Lipinski definition) is 3. The number of halogens is 1. The van der Waals surface area contributed by atoms with Crippen molar-refractivity contribution in [2.24, 2.45) is 5.92 Å². The summed E-state index contributed by atoms with van der Waals surface area (Å²) in [5.74, 6) is 0.731. The van der Waals surface area contributed by atoms with Crippen LogP contribution >= 0.6 is 0 Å². The number of aromatic nitrogens is 4. The number of hydrogen-bond acceptors (Lipinski definition) is 8. The van der Waals surface area contributed by atoms with Crippen molar-refractivity contribution in [1.29, 1.82) is 0 Å². The van der Waals surface area contributed by atoms with Crippen LogP contribution < -0.4 is 15.4 Å². The lowest BCUT2D eigenvalue weighted by Crippen LogP contribution is -2.39. The second kappa shape index (κ2) is 12.8. The van der Waals surface area contributed by atoms with Crippen molar-refractivity contribution in [3.63, 3.8) is 0 Å². The fourth-order valence-corrected chi connectivity index (χ4v) is 4.65. The fourth-order valence-electron chi connectivity index (χ4n) is 4.65. The Morgan fingerprint density at radius 1 is 0.977 bits per heavy atom. The maximum Gasteiger partial charge on any atom is 0.232 e. The molecule has 0 atom stereocenters. The average Bonchev–Trinajstić information content (AvgIpc) is 3.46. The monoisotopic (exact) mass is 580 g/mol. The molecule has 1 aliphatic heterocycles. The van der Waals surface area contributed by atoms with E-state index in [1.165, 1.54) is 12.1 Å². The summed E-state index contributed by atoms with van der Waals surface area (Å²) in [7, 11) is 1.60. The van der Waals surface area contributed by atoms with Crippen LogP contribution in [0.2, 0.25) is 0 Å². The number of methoxy groups -OCH3 is 1. The van der Waals surface area contributed by atoms with Crippen molar-refractivity contribution in [3.05, 3.63) is 103 Å². The Morgan fingerprint density at radius 3 is 2.51 bits per heavy atom. The van der Waals surface area contributed by atoms with E-state index >= 15 is 0 Å². The van der Waals surface area contributed by atoms with E-state index in [9.17, 15) is 9.18 Å². The SMILES string of the molecule is COc1cccc(Nc2nccc(-c3[nH]c(CC4OCC(C(=O)Nc5ccccc5)CO4)nc3-c3ccc(F)cc3)n2)c1. The van der Waals surface area contributed by atoms with Crippen LogP contribution in [0.15, 0.2) is 91.1 Å². The zero-order valence-electron chi connectivity index (χ0n) is 23.3. The molecule has 0 bridgehead atoms. The molecule has 0 radical (unpaired) electrons. The lowest BCUT2D eigenvalue weighted by atomic mass is 10.1. The van der Waals surface area contributed by atoms with Crippen LogP contribution in [-0.4, -0.2) is 52.5 Å². The number of nitrogens with zero attached hydrogens (tertiary/aromatic N) is 3. The van der Waals surface area contributed by atoms with Gasteiger partial charge in [-0.2, -0.15) is 0 Å². The molecular formula is C32H29FN6O4. The van der Waals surface area contributed by atoms with Gasteiger partial charge in [0.05, 0.1) is 49.7 Å². The molecule has 1 amide bonds. The van der Waals surface area contributed by atoms with Gasteiger partial charge in [0, 0.05) is 29.2 Å². The lowest BCUT2D eigenvalue weighted by molar-refractivity contribution is -0.199. The van der Waals surface area contributed by atoms with E-state index < -0.39 is 12.2 Å².